The molecule has 3 N–H and O–H groups in total. The summed E-state index contributed by atoms with van der Waals surface area (Å²) in [6.07, 6.45) is 5.24. The molecular formula is C19H21N5O4S. The van der Waals surface area contributed by atoms with Gasteiger partial charge >= 0.3 is 11.1 Å². The second-order valence-electron chi connectivity index (χ2n) is 7.01. The molecular weight excluding hydrogens is 394 g/mol. The van der Waals surface area contributed by atoms with E-state index in [0.717, 1.165) is 37.3 Å². The summed E-state index contributed by atoms with van der Waals surface area (Å²) in [5.74, 6) is 0.906. The Labute approximate surface area is 166 Å². The van der Waals surface area contributed by atoms with E-state index < -0.39 is 21.1 Å². The smallest absolute Gasteiger partial charge is 0.314 e. The summed E-state index contributed by atoms with van der Waals surface area (Å²) >= 11 is 0. The Kier molecular flexibility index (Phi) is 5.20. The molecule has 1 aliphatic heterocycles. The van der Waals surface area contributed by atoms with Crippen LogP contribution in [0.3, 0.4) is 0 Å². The molecule has 0 atom stereocenters. The SMILES string of the molecule is O=c1[nH]c2ccc(S(=O)(=O)NCc3ccc(N4CCCCC4)nc3)cc2[nH]c1=O. The number of nitrogens with one attached hydrogen (secondary N) is 3. The molecule has 0 saturated carbocycles. The van der Waals surface area contributed by atoms with Crippen LogP contribution in [0.2, 0.25) is 0 Å². The molecule has 0 amide bonds. The molecule has 2 aromatic heterocycles. The van der Waals surface area contributed by atoms with Gasteiger partial charge in [-0.2, -0.15) is 0 Å². The number of piperidine rings is 1. The molecule has 0 unspecified atom stereocenters. The summed E-state index contributed by atoms with van der Waals surface area (Å²) in [5.41, 5.74) is -0.282. The van der Waals surface area contributed by atoms with Gasteiger partial charge in [0.25, 0.3) is 0 Å². The van der Waals surface area contributed by atoms with Gasteiger partial charge in [-0.15, -0.1) is 0 Å². The standard InChI is InChI=1S/C19H21N5O4S/c25-18-19(26)23-16-10-14(5-6-15(16)22-18)29(27,28)21-12-13-4-7-17(20-11-13)24-8-2-1-3-9-24/h4-7,10-11,21H,1-3,8-9,12H2,(H,22,25)(H,23,26). The number of anilines is 1. The Morgan fingerprint density at radius 2 is 1.69 bits per heavy atom. The highest BCUT2D eigenvalue weighted by Crippen LogP contribution is 2.18. The first-order chi connectivity index (χ1) is 13.9. The highest BCUT2D eigenvalue weighted by atomic mass is 32.2. The maximum Gasteiger partial charge on any atom is 0.314 e. The van der Waals surface area contributed by atoms with Crippen molar-refractivity contribution in [2.75, 3.05) is 18.0 Å². The number of hydrogen-bond donors (Lipinski definition) is 3. The number of H-pyrrole nitrogens is 2. The summed E-state index contributed by atoms with van der Waals surface area (Å²) in [4.78, 5) is 34.3. The molecule has 0 bridgehead atoms. The molecule has 3 aromatic rings. The predicted molar refractivity (Wildman–Crippen MR) is 110 cm³/mol. The zero-order chi connectivity index (χ0) is 20.4. The largest absolute Gasteiger partial charge is 0.357 e. The van der Waals surface area contributed by atoms with Crippen molar-refractivity contribution in [2.45, 2.75) is 30.7 Å². The van der Waals surface area contributed by atoms with Crippen LogP contribution in [0.1, 0.15) is 24.8 Å². The number of nitrogens with zero attached hydrogens (tertiary/aromatic N) is 2. The van der Waals surface area contributed by atoms with Crippen LogP contribution in [0.4, 0.5) is 5.82 Å². The van der Waals surface area contributed by atoms with Crippen LogP contribution in [0.5, 0.6) is 0 Å². The van der Waals surface area contributed by atoms with E-state index in [0.29, 0.717) is 5.52 Å². The Morgan fingerprint density at radius 3 is 2.38 bits per heavy atom. The van der Waals surface area contributed by atoms with Crippen LogP contribution in [-0.2, 0) is 16.6 Å². The molecule has 10 heteroatoms. The second-order valence-corrected chi connectivity index (χ2v) is 8.78. The van der Waals surface area contributed by atoms with Crippen molar-refractivity contribution in [1.29, 1.82) is 0 Å². The zero-order valence-corrected chi connectivity index (χ0v) is 16.5. The Bertz CT molecular complexity index is 1240. The van der Waals surface area contributed by atoms with Gasteiger partial charge in [-0.05, 0) is 49.1 Å². The molecule has 0 radical (unpaired) electrons. The van der Waals surface area contributed by atoms with Crippen molar-refractivity contribution < 1.29 is 8.42 Å². The maximum atomic E-state index is 12.6. The fourth-order valence-corrected chi connectivity index (χ4v) is 4.40. The van der Waals surface area contributed by atoms with Crippen LogP contribution < -0.4 is 20.7 Å². The van der Waals surface area contributed by atoms with Crippen molar-refractivity contribution in [3.05, 3.63) is 62.8 Å². The normalized spacial score (nSPS) is 15.0. The number of pyridine rings is 1. The monoisotopic (exact) mass is 415 g/mol. The lowest BCUT2D eigenvalue weighted by molar-refractivity contribution is 0.573. The third kappa shape index (κ3) is 4.22. The molecule has 152 valence electrons. The molecule has 1 aromatic carbocycles. The summed E-state index contributed by atoms with van der Waals surface area (Å²) < 4.78 is 27.8. The fraction of sp³-hybridized carbons (Fsp3) is 0.316. The van der Waals surface area contributed by atoms with Crippen LogP contribution in [0.15, 0.2) is 51.0 Å². The van der Waals surface area contributed by atoms with E-state index in [2.05, 4.69) is 24.6 Å². The van der Waals surface area contributed by atoms with Crippen molar-refractivity contribution in [3.63, 3.8) is 0 Å². The molecule has 3 heterocycles. The first-order valence-electron chi connectivity index (χ1n) is 9.38. The number of sulfonamides is 1. The van der Waals surface area contributed by atoms with Crippen molar-refractivity contribution in [3.8, 4) is 0 Å². The molecule has 1 aliphatic rings. The van der Waals surface area contributed by atoms with Gasteiger partial charge in [0.1, 0.15) is 5.82 Å². The Morgan fingerprint density at radius 1 is 0.966 bits per heavy atom. The first-order valence-corrected chi connectivity index (χ1v) is 10.9. The molecule has 1 saturated heterocycles. The molecule has 9 nitrogen and oxygen atoms in total. The predicted octanol–water partition coefficient (Wildman–Crippen LogP) is 1.08. The lowest BCUT2D eigenvalue weighted by Crippen LogP contribution is -2.30. The van der Waals surface area contributed by atoms with Gasteiger partial charge in [-0.25, -0.2) is 18.1 Å². The van der Waals surface area contributed by atoms with Gasteiger partial charge in [0.2, 0.25) is 10.0 Å². The van der Waals surface area contributed by atoms with Gasteiger partial charge in [0, 0.05) is 25.8 Å². The van der Waals surface area contributed by atoms with Crippen LogP contribution in [0.25, 0.3) is 11.0 Å². The van der Waals surface area contributed by atoms with E-state index >= 15 is 0 Å². The zero-order valence-electron chi connectivity index (χ0n) is 15.6. The van der Waals surface area contributed by atoms with Crippen molar-refractivity contribution in [1.82, 2.24) is 19.7 Å². The van der Waals surface area contributed by atoms with Gasteiger partial charge in [-0.3, -0.25) is 9.59 Å². The van der Waals surface area contributed by atoms with Crippen LogP contribution in [-0.4, -0.2) is 36.5 Å². The minimum absolute atomic E-state index is 0.00871. The lowest BCUT2D eigenvalue weighted by Gasteiger charge is -2.27. The fourth-order valence-electron chi connectivity index (χ4n) is 3.35. The topological polar surface area (TPSA) is 128 Å². The van der Waals surface area contributed by atoms with E-state index in [1.54, 1.807) is 6.20 Å². The Hall–Kier alpha value is -2.98. The molecule has 29 heavy (non-hydrogen) atoms. The highest BCUT2D eigenvalue weighted by molar-refractivity contribution is 7.89. The molecule has 0 aliphatic carbocycles. The van der Waals surface area contributed by atoms with E-state index in [1.807, 2.05) is 12.1 Å². The molecule has 4 rings (SSSR count). The van der Waals surface area contributed by atoms with Gasteiger partial charge < -0.3 is 14.9 Å². The van der Waals surface area contributed by atoms with Gasteiger partial charge in [0.05, 0.1) is 15.9 Å². The third-order valence-electron chi connectivity index (χ3n) is 4.96. The second kappa shape index (κ2) is 7.80. The first kappa shape index (κ1) is 19.3. The summed E-state index contributed by atoms with van der Waals surface area (Å²) in [7, 11) is -3.81. The number of fused-ring (bicyclic) bond motifs is 1. The summed E-state index contributed by atoms with van der Waals surface area (Å²) in [6, 6.07) is 7.90. The maximum absolute atomic E-state index is 12.6. The van der Waals surface area contributed by atoms with E-state index in [-0.39, 0.29) is 17.0 Å². The van der Waals surface area contributed by atoms with E-state index in [4.69, 9.17) is 0 Å². The van der Waals surface area contributed by atoms with Crippen molar-refractivity contribution >= 4 is 26.9 Å². The van der Waals surface area contributed by atoms with Gasteiger partial charge in [-0.1, -0.05) is 6.07 Å². The summed E-state index contributed by atoms with van der Waals surface area (Å²) in [6.45, 7) is 2.08. The lowest BCUT2D eigenvalue weighted by atomic mass is 10.1. The molecule has 1 fully saturated rings. The number of benzene rings is 1. The van der Waals surface area contributed by atoms with Gasteiger partial charge in [0.15, 0.2) is 0 Å². The number of aromatic nitrogens is 3. The summed E-state index contributed by atoms with van der Waals surface area (Å²) in [5, 5.41) is 0. The molecule has 0 spiro atoms. The minimum Gasteiger partial charge on any atom is -0.357 e. The van der Waals surface area contributed by atoms with E-state index in [1.165, 1.54) is 24.6 Å². The number of rotatable bonds is 5. The number of aromatic amines is 2. The quantitative estimate of drug-likeness (QED) is 0.535. The van der Waals surface area contributed by atoms with Crippen LogP contribution in [0, 0.1) is 0 Å². The average molecular weight is 415 g/mol. The third-order valence-corrected chi connectivity index (χ3v) is 6.36. The number of hydrogen-bond acceptors (Lipinski definition) is 6. The van der Waals surface area contributed by atoms with Crippen LogP contribution >= 0.6 is 0 Å². The minimum atomic E-state index is -3.81. The average Bonchev–Trinajstić information content (AvgIpc) is 2.74. The highest BCUT2D eigenvalue weighted by Gasteiger charge is 2.16. The Balaban J connectivity index is 1.48. The van der Waals surface area contributed by atoms with Crippen molar-refractivity contribution in [2.24, 2.45) is 0 Å². The van der Waals surface area contributed by atoms with E-state index in [9.17, 15) is 18.0 Å².